The quantitative estimate of drug-likeness (QED) is 0.339. The Bertz CT molecular complexity index is 1410. The zero-order valence-electron chi connectivity index (χ0n) is 25.3. The summed E-state index contributed by atoms with van der Waals surface area (Å²) in [6.07, 6.45) is -10.2. The van der Waals surface area contributed by atoms with Crippen LogP contribution in [0.3, 0.4) is 0 Å². The third-order valence-corrected chi connectivity index (χ3v) is 8.95. The molecule has 0 unspecified atom stereocenters. The van der Waals surface area contributed by atoms with Crippen molar-refractivity contribution in [1.82, 2.24) is 14.6 Å². The van der Waals surface area contributed by atoms with Crippen LogP contribution >= 0.6 is 0 Å². The average Bonchev–Trinajstić information content (AvgIpc) is 3.15. The topological polar surface area (TPSA) is 89.4 Å². The molecule has 1 aromatic heterocycles. The normalized spacial score (nSPS) is 16.1. The number of hydrogen-bond acceptors (Lipinski definition) is 4. The van der Waals surface area contributed by atoms with Crippen LogP contribution in [0.25, 0.3) is 11.3 Å². The molecular weight excluding hydrogens is 600 g/mol. The molecule has 3 rings (SSSR count). The molecule has 7 nitrogen and oxygen atoms in total. The van der Waals surface area contributed by atoms with Gasteiger partial charge in [-0.05, 0) is 75.3 Å². The molecule has 1 aliphatic rings. The Morgan fingerprint density at radius 3 is 2.02 bits per heavy atom. The van der Waals surface area contributed by atoms with Gasteiger partial charge in [-0.2, -0.15) is 26.3 Å². The van der Waals surface area contributed by atoms with Crippen molar-refractivity contribution < 1.29 is 44.3 Å². The molecule has 1 fully saturated rings. The molecule has 2 N–H and O–H groups in total. The van der Waals surface area contributed by atoms with Crippen molar-refractivity contribution in [3.8, 4) is 11.3 Å². The fraction of sp³-hybridized carbons (Fsp3) is 0.621. The van der Waals surface area contributed by atoms with Crippen molar-refractivity contribution in [3.63, 3.8) is 0 Å². The van der Waals surface area contributed by atoms with Crippen LogP contribution < -0.4 is 10.0 Å². The number of carbonyl (C=O) groups excluding carboxylic acids is 1. The summed E-state index contributed by atoms with van der Waals surface area (Å²) in [6, 6.07) is 5.05. The Morgan fingerprint density at radius 1 is 0.977 bits per heavy atom. The molecule has 0 aliphatic carbocycles. The molecule has 2 aromatic rings. The van der Waals surface area contributed by atoms with Gasteiger partial charge < -0.3 is 14.6 Å². The molecule has 43 heavy (non-hydrogen) atoms. The van der Waals surface area contributed by atoms with Crippen LogP contribution in [0.4, 0.5) is 26.3 Å². The number of halogens is 6. The lowest BCUT2D eigenvalue weighted by Gasteiger charge is -2.27. The van der Waals surface area contributed by atoms with E-state index < -0.39 is 51.7 Å². The summed E-state index contributed by atoms with van der Waals surface area (Å²) in [5.41, 5.74) is -1.40. The van der Waals surface area contributed by atoms with Crippen LogP contribution in [0.5, 0.6) is 0 Å². The number of alkyl halides is 6. The minimum atomic E-state index is -5.61. The highest BCUT2D eigenvalue weighted by Gasteiger charge is 2.57. The molecule has 0 radical (unpaired) electrons. The second-order valence-corrected chi connectivity index (χ2v) is 14.6. The Balaban J connectivity index is 2.23. The molecule has 14 heteroatoms. The number of nitrogens with zero attached hydrogens (tertiary/aromatic N) is 1. The van der Waals surface area contributed by atoms with E-state index in [0.29, 0.717) is 31.6 Å². The number of amides is 1. The van der Waals surface area contributed by atoms with Crippen LogP contribution in [-0.4, -0.2) is 56.0 Å². The van der Waals surface area contributed by atoms with E-state index in [0.717, 1.165) is 4.57 Å². The lowest BCUT2D eigenvalue weighted by Crippen LogP contribution is -2.41. The van der Waals surface area contributed by atoms with Gasteiger partial charge >= 0.3 is 12.4 Å². The summed E-state index contributed by atoms with van der Waals surface area (Å²) < 4.78 is 117. The molecule has 1 aliphatic heterocycles. The maximum Gasteiger partial charge on any atom is 0.402 e. The van der Waals surface area contributed by atoms with Gasteiger partial charge in [-0.3, -0.25) is 4.79 Å². The summed E-state index contributed by atoms with van der Waals surface area (Å²) in [7, 11) is -4.06. The van der Waals surface area contributed by atoms with Crippen LogP contribution in [0, 0.1) is 12.8 Å². The Labute approximate surface area is 248 Å². The minimum Gasteiger partial charge on any atom is -0.381 e. The standard InChI is InChI=1S/C29H39F6N3O4S/c1-17-20(25(39)36-19-10-12-42-13-11-19)15-22(38(17)16-24(28(30,31)32)29(33,34)35)18-8-9-23(21(14-18)26(2,3)4)43(40,41)37-27(5,6)7/h8-9,14-15,19,24,37H,10-13,16H2,1-7H3,(H,36,39). The fourth-order valence-electron chi connectivity index (χ4n) is 5.00. The van der Waals surface area contributed by atoms with Crippen molar-refractivity contribution in [2.45, 2.75) is 102 Å². The molecule has 1 saturated heterocycles. The number of hydrogen-bond donors (Lipinski definition) is 2. The highest BCUT2D eigenvalue weighted by molar-refractivity contribution is 7.89. The van der Waals surface area contributed by atoms with Gasteiger partial charge in [-0.1, -0.05) is 26.8 Å². The molecule has 1 aromatic carbocycles. The Morgan fingerprint density at radius 2 is 1.53 bits per heavy atom. The predicted molar refractivity (Wildman–Crippen MR) is 150 cm³/mol. The maximum absolute atomic E-state index is 13.7. The number of ether oxygens (including phenoxy) is 1. The first kappa shape index (κ1) is 34.9. The van der Waals surface area contributed by atoms with Crippen molar-refractivity contribution in [2.75, 3.05) is 13.2 Å². The monoisotopic (exact) mass is 639 g/mol. The van der Waals surface area contributed by atoms with E-state index in [1.165, 1.54) is 31.2 Å². The van der Waals surface area contributed by atoms with E-state index in [-0.39, 0.29) is 33.5 Å². The predicted octanol–water partition coefficient (Wildman–Crippen LogP) is 6.49. The first-order valence-corrected chi connectivity index (χ1v) is 15.3. The Kier molecular flexibility index (Phi) is 9.80. The number of sulfonamides is 1. The molecule has 0 atom stereocenters. The number of rotatable bonds is 7. The number of nitrogens with one attached hydrogen (secondary N) is 2. The molecule has 0 spiro atoms. The number of benzene rings is 1. The first-order chi connectivity index (χ1) is 19.4. The largest absolute Gasteiger partial charge is 0.402 e. The maximum atomic E-state index is 13.7. The van der Waals surface area contributed by atoms with Gasteiger partial charge in [-0.25, -0.2) is 13.1 Å². The summed E-state index contributed by atoms with van der Waals surface area (Å²) in [5, 5.41) is 2.80. The van der Waals surface area contributed by atoms with Crippen LogP contribution in [-0.2, 0) is 26.7 Å². The van der Waals surface area contributed by atoms with Crippen LogP contribution in [0.2, 0.25) is 0 Å². The highest BCUT2D eigenvalue weighted by Crippen LogP contribution is 2.42. The van der Waals surface area contributed by atoms with Crippen molar-refractivity contribution in [2.24, 2.45) is 5.92 Å². The third-order valence-electron chi connectivity index (χ3n) is 7.14. The number of aromatic nitrogens is 1. The highest BCUT2D eigenvalue weighted by atomic mass is 32.2. The molecular formula is C29H39F6N3O4S. The fourth-order valence-corrected chi connectivity index (χ4v) is 6.82. The van der Waals surface area contributed by atoms with E-state index in [4.69, 9.17) is 4.74 Å². The van der Waals surface area contributed by atoms with E-state index in [1.807, 2.05) is 0 Å². The summed E-state index contributed by atoms with van der Waals surface area (Å²) >= 11 is 0. The van der Waals surface area contributed by atoms with Gasteiger partial charge in [0.2, 0.25) is 10.0 Å². The second kappa shape index (κ2) is 12.1. The molecule has 0 saturated carbocycles. The minimum absolute atomic E-state index is 0.0746. The Hall–Kier alpha value is -2.58. The van der Waals surface area contributed by atoms with E-state index >= 15 is 0 Å². The summed E-state index contributed by atoms with van der Waals surface area (Å²) in [4.78, 5) is 13.2. The van der Waals surface area contributed by atoms with Crippen molar-refractivity contribution in [1.29, 1.82) is 0 Å². The van der Waals surface area contributed by atoms with Gasteiger partial charge in [0.1, 0.15) is 0 Å². The van der Waals surface area contributed by atoms with Gasteiger partial charge in [0.15, 0.2) is 5.92 Å². The lowest BCUT2D eigenvalue weighted by molar-refractivity contribution is -0.287. The van der Waals surface area contributed by atoms with Gasteiger partial charge in [0.05, 0.1) is 10.5 Å². The van der Waals surface area contributed by atoms with Crippen LogP contribution in [0.1, 0.15) is 76.0 Å². The molecule has 2 heterocycles. The third kappa shape index (κ3) is 8.53. The van der Waals surface area contributed by atoms with Gasteiger partial charge in [0, 0.05) is 42.7 Å². The number of carbonyl (C=O) groups is 1. The average molecular weight is 640 g/mol. The SMILES string of the molecule is Cc1c(C(=O)NC2CCOCC2)cc(-c2ccc(S(=O)(=O)NC(C)(C)C)c(C(C)(C)C)c2)n1CC(C(F)(F)F)C(F)(F)F. The first-order valence-electron chi connectivity index (χ1n) is 13.8. The molecule has 0 bridgehead atoms. The summed E-state index contributed by atoms with van der Waals surface area (Å²) in [6.45, 7) is 10.8. The molecule has 1 amide bonds. The van der Waals surface area contributed by atoms with E-state index in [9.17, 15) is 39.6 Å². The van der Waals surface area contributed by atoms with Gasteiger partial charge in [0.25, 0.3) is 5.91 Å². The van der Waals surface area contributed by atoms with Crippen molar-refractivity contribution in [3.05, 3.63) is 41.1 Å². The summed E-state index contributed by atoms with van der Waals surface area (Å²) in [5.74, 6) is -4.33. The lowest BCUT2D eigenvalue weighted by atomic mass is 9.85. The van der Waals surface area contributed by atoms with Crippen molar-refractivity contribution >= 4 is 15.9 Å². The smallest absolute Gasteiger partial charge is 0.381 e. The molecule has 242 valence electrons. The van der Waals surface area contributed by atoms with Crippen LogP contribution in [0.15, 0.2) is 29.2 Å². The van der Waals surface area contributed by atoms with Gasteiger partial charge in [-0.15, -0.1) is 0 Å². The van der Waals surface area contributed by atoms with E-state index in [2.05, 4.69) is 10.0 Å². The zero-order chi connectivity index (χ0) is 32.8. The van der Waals surface area contributed by atoms with E-state index in [1.54, 1.807) is 41.5 Å². The second-order valence-electron chi connectivity index (χ2n) is 13.0. The zero-order valence-corrected chi connectivity index (χ0v) is 26.1.